The van der Waals surface area contributed by atoms with E-state index in [4.69, 9.17) is 4.74 Å². The molecule has 1 aliphatic heterocycles. The van der Waals surface area contributed by atoms with Gasteiger partial charge in [-0.25, -0.2) is 0 Å². The molecule has 80 valence electrons. The van der Waals surface area contributed by atoms with Gasteiger partial charge in [0.25, 0.3) is 0 Å². The number of para-hydroxylation sites is 1. The second-order valence-corrected chi connectivity index (χ2v) is 4.01. The number of pyridine rings is 1. The molecule has 0 aliphatic carbocycles. The number of hydrogen-bond donors (Lipinski definition) is 0. The number of rotatable bonds is 1. The van der Waals surface area contributed by atoms with E-state index in [2.05, 4.69) is 17.1 Å². The van der Waals surface area contributed by atoms with Crippen molar-refractivity contribution in [1.82, 2.24) is 4.98 Å². The molecule has 0 bridgehead atoms. The van der Waals surface area contributed by atoms with Gasteiger partial charge in [-0.2, -0.15) is 0 Å². The molecule has 3 rings (SSSR count). The normalized spacial score (nSPS) is 18.6. The van der Waals surface area contributed by atoms with E-state index in [1.165, 1.54) is 5.56 Å². The quantitative estimate of drug-likeness (QED) is 0.723. The molecule has 0 radical (unpaired) electrons. The van der Waals surface area contributed by atoms with Crippen LogP contribution in [0.25, 0.3) is 0 Å². The first-order chi connectivity index (χ1) is 7.93. The summed E-state index contributed by atoms with van der Waals surface area (Å²) in [6.45, 7) is 0. The topological polar surface area (TPSA) is 22.1 Å². The maximum atomic E-state index is 5.96. The van der Waals surface area contributed by atoms with Gasteiger partial charge in [0.15, 0.2) is 0 Å². The Kier molecular flexibility index (Phi) is 2.33. The molecule has 1 aliphatic rings. The molecule has 1 atom stereocenters. The molecule has 1 aromatic carbocycles. The molecule has 1 unspecified atom stereocenters. The van der Waals surface area contributed by atoms with Crippen molar-refractivity contribution >= 4 is 0 Å². The molecule has 0 saturated carbocycles. The van der Waals surface area contributed by atoms with Crippen molar-refractivity contribution in [3.05, 3.63) is 59.9 Å². The average Bonchev–Trinajstić information content (AvgIpc) is 2.39. The molecule has 2 heterocycles. The summed E-state index contributed by atoms with van der Waals surface area (Å²) in [6.07, 6.45) is 4.00. The largest absolute Gasteiger partial charge is 0.484 e. The van der Waals surface area contributed by atoms with Crippen LogP contribution in [0.15, 0.2) is 48.7 Å². The number of aromatic nitrogens is 1. The Bertz CT molecular complexity index is 481. The zero-order valence-corrected chi connectivity index (χ0v) is 8.97. The molecule has 2 heteroatoms. The Morgan fingerprint density at radius 1 is 1.06 bits per heavy atom. The smallest absolute Gasteiger partial charge is 0.141 e. The number of hydrogen-bond acceptors (Lipinski definition) is 2. The van der Waals surface area contributed by atoms with Crippen molar-refractivity contribution < 1.29 is 4.74 Å². The molecule has 2 aromatic rings. The third kappa shape index (κ3) is 1.67. The molecule has 0 N–H and O–H groups in total. The molecular weight excluding hydrogens is 198 g/mol. The van der Waals surface area contributed by atoms with Crippen LogP contribution in [0.1, 0.15) is 23.8 Å². The first kappa shape index (κ1) is 9.40. The van der Waals surface area contributed by atoms with Gasteiger partial charge in [-0.1, -0.05) is 24.3 Å². The van der Waals surface area contributed by atoms with Gasteiger partial charge in [0, 0.05) is 6.20 Å². The SMILES string of the molecule is c1ccc(C2CCc3ccccc3O2)nc1. The Labute approximate surface area is 94.9 Å². The summed E-state index contributed by atoms with van der Waals surface area (Å²) in [6, 6.07) is 14.2. The Morgan fingerprint density at radius 3 is 2.81 bits per heavy atom. The van der Waals surface area contributed by atoms with Gasteiger partial charge in [-0.3, -0.25) is 4.98 Å². The van der Waals surface area contributed by atoms with E-state index in [0.29, 0.717) is 0 Å². The fourth-order valence-corrected chi connectivity index (χ4v) is 2.10. The van der Waals surface area contributed by atoms with Crippen molar-refractivity contribution in [3.8, 4) is 5.75 Å². The minimum Gasteiger partial charge on any atom is -0.484 e. The van der Waals surface area contributed by atoms with Crippen molar-refractivity contribution in [2.24, 2.45) is 0 Å². The van der Waals surface area contributed by atoms with Crippen LogP contribution in [-0.2, 0) is 6.42 Å². The predicted octanol–water partition coefficient (Wildman–Crippen LogP) is 3.15. The second kappa shape index (κ2) is 3.97. The fraction of sp³-hybridized carbons (Fsp3) is 0.214. The highest BCUT2D eigenvalue weighted by atomic mass is 16.5. The Hall–Kier alpha value is -1.83. The van der Waals surface area contributed by atoms with Crippen molar-refractivity contribution in [2.45, 2.75) is 18.9 Å². The highest BCUT2D eigenvalue weighted by molar-refractivity contribution is 5.35. The standard InChI is InChI=1S/C14H13NO/c1-2-7-13-11(5-1)8-9-14(16-13)12-6-3-4-10-15-12/h1-7,10,14H,8-9H2. The summed E-state index contributed by atoms with van der Waals surface area (Å²) in [5.41, 5.74) is 2.33. The number of nitrogens with zero attached hydrogens (tertiary/aromatic N) is 1. The first-order valence-electron chi connectivity index (χ1n) is 5.59. The molecule has 0 amide bonds. The zero-order chi connectivity index (χ0) is 10.8. The molecule has 0 fully saturated rings. The van der Waals surface area contributed by atoms with Crippen LogP contribution in [0.2, 0.25) is 0 Å². The van der Waals surface area contributed by atoms with Crippen LogP contribution in [0.5, 0.6) is 5.75 Å². The lowest BCUT2D eigenvalue weighted by molar-refractivity contribution is 0.172. The molecular formula is C14H13NO. The summed E-state index contributed by atoms with van der Waals surface area (Å²) in [5.74, 6) is 1.00. The van der Waals surface area contributed by atoms with E-state index in [9.17, 15) is 0 Å². The highest BCUT2D eigenvalue weighted by Crippen LogP contribution is 2.33. The second-order valence-electron chi connectivity index (χ2n) is 4.01. The van der Waals surface area contributed by atoms with Crippen LogP contribution < -0.4 is 4.74 Å². The average molecular weight is 211 g/mol. The van der Waals surface area contributed by atoms with Crippen LogP contribution in [0, 0.1) is 0 Å². The van der Waals surface area contributed by atoms with Gasteiger partial charge < -0.3 is 4.74 Å². The molecule has 0 saturated heterocycles. The minimum absolute atomic E-state index is 0.107. The van der Waals surface area contributed by atoms with Gasteiger partial charge in [-0.05, 0) is 36.6 Å². The van der Waals surface area contributed by atoms with Crippen molar-refractivity contribution in [2.75, 3.05) is 0 Å². The number of benzene rings is 1. The van der Waals surface area contributed by atoms with Gasteiger partial charge in [0.1, 0.15) is 11.9 Å². The lowest BCUT2D eigenvalue weighted by atomic mass is 10.0. The molecule has 0 spiro atoms. The number of aryl methyl sites for hydroxylation is 1. The third-order valence-corrected chi connectivity index (χ3v) is 2.94. The third-order valence-electron chi connectivity index (χ3n) is 2.94. The molecule has 1 aromatic heterocycles. The van der Waals surface area contributed by atoms with Gasteiger partial charge in [0.05, 0.1) is 5.69 Å². The van der Waals surface area contributed by atoms with E-state index < -0.39 is 0 Å². The zero-order valence-electron chi connectivity index (χ0n) is 8.97. The van der Waals surface area contributed by atoms with Gasteiger partial charge in [0.2, 0.25) is 0 Å². The van der Waals surface area contributed by atoms with Crippen LogP contribution in [-0.4, -0.2) is 4.98 Å². The van der Waals surface area contributed by atoms with Crippen LogP contribution in [0.3, 0.4) is 0 Å². The van der Waals surface area contributed by atoms with E-state index in [1.54, 1.807) is 0 Å². The predicted molar refractivity (Wildman–Crippen MR) is 62.4 cm³/mol. The van der Waals surface area contributed by atoms with E-state index >= 15 is 0 Å². The van der Waals surface area contributed by atoms with Gasteiger partial charge in [-0.15, -0.1) is 0 Å². The van der Waals surface area contributed by atoms with Gasteiger partial charge >= 0.3 is 0 Å². The van der Waals surface area contributed by atoms with E-state index in [0.717, 1.165) is 24.3 Å². The fourth-order valence-electron chi connectivity index (χ4n) is 2.10. The first-order valence-corrected chi connectivity index (χ1v) is 5.59. The monoisotopic (exact) mass is 211 g/mol. The number of ether oxygens (including phenoxy) is 1. The van der Waals surface area contributed by atoms with Crippen molar-refractivity contribution in [1.29, 1.82) is 0 Å². The lowest BCUT2D eigenvalue weighted by Gasteiger charge is -2.25. The summed E-state index contributed by atoms with van der Waals surface area (Å²) < 4.78 is 5.96. The maximum Gasteiger partial charge on any atom is 0.141 e. The summed E-state index contributed by atoms with van der Waals surface area (Å²) >= 11 is 0. The summed E-state index contributed by atoms with van der Waals surface area (Å²) in [4.78, 5) is 4.35. The highest BCUT2D eigenvalue weighted by Gasteiger charge is 2.21. The van der Waals surface area contributed by atoms with Crippen LogP contribution >= 0.6 is 0 Å². The summed E-state index contributed by atoms with van der Waals surface area (Å²) in [5, 5.41) is 0. The molecule has 16 heavy (non-hydrogen) atoms. The van der Waals surface area contributed by atoms with Crippen molar-refractivity contribution in [3.63, 3.8) is 0 Å². The molecule has 2 nitrogen and oxygen atoms in total. The summed E-state index contributed by atoms with van der Waals surface area (Å²) in [7, 11) is 0. The van der Waals surface area contributed by atoms with Crippen LogP contribution in [0.4, 0.5) is 0 Å². The van der Waals surface area contributed by atoms with E-state index in [1.807, 2.05) is 36.5 Å². The maximum absolute atomic E-state index is 5.96. The van der Waals surface area contributed by atoms with E-state index in [-0.39, 0.29) is 6.10 Å². The number of fused-ring (bicyclic) bond motifs is 1. The Balaban J connectivity index is 1.89. The lowest BCUT2D eigenvalue weighted by Crippen LogP contribution is -2.15. The Morgan fingerprint density at radius 2 is 1.94 bits per heavy atom. The minimum atomic E-state index is 0.107.